The van der Waals surface area contributed by atoms with E-state index < -0.39 is 0 Å². The maximum Gasteiger partial charge on any atom is 0.0584 e. The van der Waals surface area contributed by atoms with Crippen LogP contribution in [-0.4, -0.2) is 26.4 Å². The SMILES string of the molecule is CCC1(C)C(CC(C)OCCCCCCOC)=CCC2(C)C1CCC1(CC)C([C@H](C)CCCC(C)C)CCC21. The number of unbranched alkanes of at least 4 members (excludes halogenated alkanes) is 3. The van der Waals surface area contributed by atoms with Crippen molar-refractivity contribution in [3.63, 3.8) is 0 Å². The highest BCUT2D eigenvalue weighted by Crippen LogP contribution is 2.72. The quantitative estimate of drug-likeness (QED) is 0.134. The molecular formula is C37H68O2. The predicted octanol–water partition coefficient (Wildman–Crippen LogP) is 11.0. The first-order chi connectivity index (χ1) is 18.6. The highest BCUT2D eigenvalue weighted by molar-refractivity contribution is 5.26. The summed E-state index contributed by atoms with van der Waals surface area (Å²) < 4.78 is 11.5. The third kappa shape index (κ3) is 7.18. The van der Waals surface area contributed by atoms with Crippen molar-refractivity contribution in [1.82, 2.24) is 0 Å². The normalized spacial score (nSPS) is 35.9. The van der Waals surface area contributed by atoms with E-state index in [1.165, 1.54) is 89.9 Å². The molecule has 0 aromatic carbocycles. The summed E-state index contributed by atoms with van der Waals surface area (Å²) in [6, 6.07) is 0. The van der Waals surface area contributed by atoms with Gasteiger partial charge in [-0.3, -0.25) is 0 Å². The van der Waals surface area contributed by atoms with Gasteiger partial charge in [0.15, 0.2) is 0 Å². The molecular weight excluding hydrogens is 476 g/mol. The number of allylic oxidation sites excluding steroid dienone is 1. The summed E-state index contributed by atoms with van der Waals surface area (Å²) >= 11 is 0. The molecule has 0 aromatic heterocycles. The first-order valence-electron chi connectivity index (χ1n) is 17.4. The molecule has 0 saturated heterocycles. The zero-order valence-electron chi connectivity index (χ0n) is 27.9. The van der Waals surface area contributed by atoms with Gasteiger partial charge in [-0.1, -0.05) is 92.2 Å². The fraction of sp³-hybridized carbons (Fsp3) is 0.946. The largest absolute Gasteiger partial charge is 0.385 e. The lowest BCUT2D eigenvalue weighted by atomic mass is 9.41. The highest BCUT2D eigenvalue weighted by Gasteiger charge is 2.64. The summed E-state index contributed by atoms with van der Waals surface area (Å²) in [5, 5.41) is 0. The van der Waals surface area contributed by atoms with E-state index in [-0.39, 0.29) is 0 Å². The lowest BCUT2D eigenvalue weighted by Crippen LogP contribution is -2.56. The fourth-order valence-corrected chi connectivity index (χ4v) is 10.4. The van der Waals surface area contributed by atoms with Gasteiger partial charge < -0.3 is 9.47 Å². The molecule has 0 heterocycles. The molecule has 0 radical (unpaired) electrons. The van der Waals surface area contributed by atoms with Crippen molar-refractivity contribution >= 4 is 0 Å². The van der Waals surface area contributed by atoms with Crippen molar-refractivity contribution in [2.75, 3.05) is 20.3 Å². The van der Waals surface area contributed by atoms with E-state index >= 15 is 0 Å². The molecule has 3 aliphatic carbocycles. The molecule has 0 spiro atoms. The van der Waals surface area contributed by atoms with Crippen LogP contribution in [-0.2, 0) is 9.47 Å². The second kappa shape index (κ2) is 14.7. The number of methoxy groups -OCH3 is 1. The Bertz CT molecular complexity index is 757. The number of hydrogen-bond acceptors (Lipinski definition) is 2. The lowest BCUT2D eigenvalue weighted by molar-refractivity contribution is -0.117. The Morgan fingerprint density at radius 1 is 0.846 bits per heavy atom. The molecule has 2 saturated carbocycles. The molecule has 0 aromatic rings. The molecule has 2 nitrogen and oxygen atoms in total. The van der Waals surface area contributed by atoms with Gasteiger partial charge in [-0.15, -0.1) is 0 Å². The van der Waals surface area contributed by atoms with Crippen LogP contribution in [0.15, 0.2) is 11.6 Å². The monoisotopic (exact) mass is 545 g/mol. The zero-order valence-corrected chi connectivity index (χ0v) is 27.9. The van der Waals surface area contributed by atoms with Crippen LogP contribution >= 0.6 is 0 Å². The van der Waals surface area contributed by atoms with Gasteiger partial charge in [-0.2, -0.15) is 0 Å². The van der Waals surface area contributed by atoms with E-state index in [0.717, 1.165) is 49.2 Å². The van der Waals surface area contributed by atoms with Gasteiger partial charge in [0.05, 0.1) is 6.10 Å². The Morgan fingerprint density at radius 2 is 1.56 bits per heavy atom. The van der Waals surface area contributed by atoms with Crippen molar-refractivity contribution < 1.29 is 9.47 Å². The standard InChI is InChI=1S/C37H68O2/c1-10-35(7)31(27-30(6)39-26-15-13-12-14-25-38-9)21-23-36(8)33(35)22-24-37(11-2)32(19-20-34(36)37)29(5)18-16-17-28(3)4/h21,28-30,32-34H,10-20,22-27H2,1-9H3/t29-,30?,32?,33?,34?,35?,36?,37?/m1/s1. The van der Waals surface area contributed by atoms with Crippen LogP contribution in [0.3, 0.4) is 0 Å². The van der Waals surface area contributed by atoms with E-state index in [0.29, 0.717) is 22.3 Å². The summed E-state index contributed by atoms with van der Waals surface area (Å²) in [6.07, 6.45) is 23.2. The molecule has 2 fully saturated rings. The topological polar surface area (TPSA) is 18.5 Å². The van der Waals surface area contributed by atoms with Gasteiger partial charge in [0.25, 0.3) is 0 Å². The maximum atomic E-state index is 6.37. The summed E-state index contributed by atoms with van der Waals surface area (Å²) in [4.78, 5) is 0. The molecule has 0 amide bonds. The van der Waals surface area contributed by atoms with Gasteiger partial charge >= 0.3 is 0 Å². The first kappa shape index (κ1) is 33.2. The van der Waals surface area contributed by atoms with Crippen LogP contribution in [0.25, 0.3) is 0 Å². The molecule has 0 bridgehead atoms. The van der Waals surface area contributed by atoms with Gasteiger partial charge in [-0.05, 0) is 117 Å². The smallest absolute Gasteiger partial charge is 0.0584 e. The average Bonchev–Trinajstić information content (AvgIpc) is 3.31. The van der Waals surface area contributed by atoms with E-state index in [1.807, 2.05) is 0 Å². The molecule has 39 heavy (non-hydrogen) atoms. The Kier molecular flexibility index (Phi) is 12.5. The second-order valence-corrected chi connectivity index (χ2v) is 15.2. The number of fused-ring (bicyclic) bond motifs is 3. The molecule has 8 atom stereocenters. The van der Waals surface area contributed by atoms with Crippen molar-refractivity contribution in [3.05, 3.63) is 11.6 Å². The minimum Gasteiger partial charge on any atom is -0.385 e. The predicted molar refractivity (Wildman–Crippen MR) is 169 cm³/mol. The summed E-state index contributed by atoms with van der Waals surface area (Å²) in [7, 11) is 1.80. The number of hydrogen-bond donors (Lipinski definition) is 0. The van der Waals surface area contributed by atoms with Crippen LogP contribution in [0.1, 0.15) is 152 Å². The Hall–Kier alpha value is -0.340. The van der Waals surface area contributed by atoms with Crippen LogP contribution in [0, 0.1) is 45.8 Å². The lowest BCUT2D eigenvalue weighted by Gasteiger charge is -2.63. The Labute approximate surface area is 244 Å². The molecule has 7 unspecified atom stereocenters. The molecule has 3 aliphatic rings. The summed E-state index contributed by atoms with van der Waals surface area (Å²) in [6.45, 7) is 21.9. The van der Waals surface area contributed by atoms with Gasteiger partial charge in [0.2, 0.25) is 0 Å². The zero-order chi connectivity index (χ0) is 28.7. The van der Waals surface area contributed by atoms with E-state index in [9.17, 15) is 0 Å². The van der Waals surface area contributed by atoms with Crippen molar-refractivity contribution in [2.45, 2.75) is 158 Å². The van der Waals surface area contributed by atoms with Crippen LogP contribution in [0.2, 0.25) is 0 Å². The average molecular weight is 545 g/mol. The third-order valence-corrected chi connectivity index (χ3v) is 12.7. The fourth-order valence-electron chi connectivity index (χ4n) is 10.4. The summed E-state index contributed by atoms with van der Waals surface area (Å²) in [5.74, 6) is 4.40. The van der Waals surface area contributed by atoms with E-state index in [1.54, 1.807) is 12.7 Å². The Morgan fingerprint density at radius 3 is 2.21 bits per heavy atom. The van der Waals surface area contributed by atoms with Crippen molar-refractivity contribution in [2.24, 2.45) is 45.8 Å². The van der Waals surface area contributed by atoms with Crippen LogP contribution < -0.4 is 0 Å². The number of rotatable bonds is 17. The van der Waals surface area contributed by atoms with Gasteiger partial charge in [0.1, 0.15) is 0 Å². The molecule has 3 rings (SSSR count). The number of ether oxygens (including phenoxy) is 2. The van der Waals surface area contributed by atoms with Crippen LogP contribution in [0.5, 0.6) is 0 Å². The van der Waals surface area contributed by atoms with Gasteiger partial charge in [0, 0.05) is 20.3 Å². The third-order valence-electron chi connectivity index (χ3n) is 12.7. The van der Waals surface area contributed by atoms with Gasteiger partial charge in [-0.25, -0.2) is 0 Å². The minimum absolute atomic E-state index is 0.325. The summed E-state index contributed by atoms with van der Waals surface area (Å²) in [5.41, 5.74) is 3.09. The highest BCUT2D eigenvalue weighted by atomic mass is 16.5. The molecule has 0 N–H and O–H groups in total. The maximum absolute atomic E-state index is 6.37. The van der Waals surface area contributed by atoms with E-state index in [4.69, 9.17) is 9.47 Å². The first-order valence-corrected chi connectivity index (χ1v) is 17.4. The van der Waals surface area contributed by atoms with Crippen molar-refractivity contribution in [1.29, 1.82) is 0 Å². The Balaban J connectivity index is 1.68. The van der Waals surface area contributed by atoms with Crippen LogP contribution in [0.4, 0.5) is 0 Å². The second-order valence-electron chi connectivity index (χ2n) is 15.2. The molecule has 0 aliphatic heterocycles. The molecule has 228 valence electrons. The molecule has 2 heteroatoms. The minimum atomic E-state index is 0.325. The van der Waals surface area contributed by atoms with E-state index in [2.05, 4.69) is 61.5 Å². The van der Waals surface area contributed by atoms with Crippen molar-refractivity contribution in [3.8, 4) is 0 Å².